The maximum atomic E-state index is 11.2. The Morgan fingerprint density at radius 3 is 2.94 bits per heavy atom. The number of aromatic nitrogens is 1. The summed E-state index contributed by atoms with van der Waals surface area (Å²) < 4.78 is 4.93. The fraction of sp³-hybridized carbons (Fsp3) is 0.300. The highest BCUT2D eigenvalue weighted by molar-refractivity contribution is 6.28. The predicted octanol–water partition coefficient (Wildman–Crippen LogP) is 0.655. The van der Waals surface area contributed by atoms with Crippen LogP contribution in [0.25, 0.3) is 0 Å². The van der Waals surface area contributed by atoms with Gasteiger partial charge < -0.3 is 10.1 Å². The van der Waals surface area contributed by atoms with E-state index in [-0.39, 0.29) is 12.4 Å². The van der Waals surface area contributed by atoms with Crippen molar-refractivity contribution >= 4 is 23.5 Å². The third-order valence-corrected chi connectivity index (χ3v) is 2.08. The van der Waals surface area contributed by atoms with Crippen LogP contribution in [0.4, 0.5) is 4.79 Å². The monoisotopic (exact) mass is 257 g/mol. The Bertz CT molecular complexity index is 412. The van der Waals surface area contributed by atoms with Crippen LogP contribution in [0.3, 0.4) is 0 Å². The van der Waals surface area contributed by atoms with Gasteiger partial charge in [0.15, 0.2) is 0 Å². The molecular formula is C10H12ClN3O3. The van der Waals surface area contributed by atoms with E-state index in [0.29, 0.717) is 5.88 Å². The Hall–Kier alpha value is -1.82. The molecule has 0 aliphatic rings. The van der Waals surface area contributed by atoms with Crippen molar-refractivity contribution in [3.63, 3.8) is 0 Å². The van der Waals surface area contributed by atoms with Crippen LogP contribution in [0.1, 0.15) is 5.56 Å². The predicted molar refractivity (Wildman–Crippen MR) is 61.9 cm³/mol. The highest BCUT2D eigenvalue weighted by Gasteiger charge is 2.05. The molecule has 1 heterocycles. The van der Waals surface area contributed by atoms with Gasteiger partial charge in [-0.2, -0.15) is 0 Å². The molecular weight excluding hydrogens is 246 g/mol. The van der Waals surface area contributed by atoms with E-state index in [2.05, 4.69) is 15.6 Å². The molecule has 0 bridgehead atoms. The summed E-state index contributed by atoms with van der Waals surface area (Å²) in [6, 6.07) is 2.82. The minimum Gasteiger partial charge on any atom is -0.481 e. The minimum atomic E-state index is -0.591. The number of nitrogens with zero attached hydrogens (tertiary/aromatic N) is 1. The highest BCUT2D eigenvalue weighted by Crippen LogP contribution is 2.07. The summed E-state index contributed by atoms with van der Waals surface area (Å²) in [5.41, 5.74) is 0.810. The lowest BCUT2D eigenvalue weighted by Gasteiger charge is -2.06. The molecule has 0 aromatic carbocycles. The fourth-order valence-electron chi connectivity index (χ4n) is 1.06. The number of hydrogen-bond acceptors (Lipinski definition) is 4. The van der Waals surface area contributed by atoms with Crippen molar-refractivity contribution < 1.29 is 14.3 Å². The van der Waals surface area contributed by atoms with Crippen LogP contribution in [0.2, 0.25) is 0 Å². The van der Waals surface area contributed by atoms with Gasteiger partial charge in [-0.05, 0) is 11.6 Å². The molecule has 3 amide bonds. The van der Waals surface area contributed by atoms with Gasteiger partial charge in [-0.15, -0.1) is 11.6 Å². The number of hydrogen-bond donors (Lipinski definition) is 2. The van der Waals surface area contributed by atoms with Gasteiger partial charge in [-0.3, -0.25) is 10.1 Å². The summed E-state index contributed by atoms with van der Waals surface area (Å²) in [5, 5.41) is 4.56. The molecule has 6 nitrogen and oxygen atoms in total. The van der Waals surface area contributed by atoms with Crippen LogP contribution in [-0.2, 0) is 11.3 Å². The molecule has 17 heavy (non-hydrogen) atoms. The number of nitrogens with one attached hydrogen (secondary N) is 2. The Morgan fingerprint density at radius 2 is 2.29 bits per heavy atom. The summed E-state index contributed by atoms with van der Waals surface area (Å²) in [7, 11) is 1.51. The zero-order valence-corrected chi connectivity index (χ0v) is 9.95. The van der Waals surface area contributed by atoms with Gasteiger partial charge in [-0.25, -0.2) is 9.78 Å². The number of amides is 3. The SMILES string of the molecule is COc1cc(CNC(=O)NC(=O)CCl)ccn1. The van der Waals surface area contributed by atoms with Gasteiger partial charge in [-0.1, -0.05) is 0 Å². The van der Waals surface area contributed by atoms with Crippen molar-refractivity contribution in [1.29, 1.82) is 0 Å². The normalized spacial score (nSPS) is 9.53. The Morgan fingerprint density at radius 1 is 1.53 bits per heavy atom. The van der Waals surface area contributed by atoms with Crippen molar-refractivity contribution in [2.75, 3.05) is 13.0 Å². The quantitative estimate of drug-likeness (QED) is 0.777. The van der Waals surface area contributed by atoms with Crippen LogP contribution < -0.4 is 15.4 Å². The lowest BCUT2D eigenvalue weighted by atomic mass is 10.2. The number of pyridine rings is 1. The molecule has 7 heteroatoms. The van der Waals surface area contributed by atoms with Crippen LogP contribution in [-0.4, -0.2) is 29.9 Å². The minimum absolute atomic E-state index is 0.253. The summed E-state index contributed by atoms with van der Waals surface area (Å²) in [6.45, 7) is 0.264. The number of imide groups is 1. The first kappa shape index (κ1) is 13.2. The zero-order valence-electron chi connectivity index (χ0n) is 9.20. The lowest BCUT2D eigenvalue weighted by molar-refractivity contribution is -0.117. The summed E-state index contributed by atoms with van der Waals surface area (Å²) >= 11 is 5.24. The first-order chi connectivity index (χ1) is 8.15. The average molecular weight is 258 g/mol. The molecule has 0 spiro atoms. The van der Waals surface area contributed by atoms with E-state index in [4.69, 9.17) is 16.3 Å². The molecule has 1 rings (SSSR count). The van der Waals surface area contributed by atoms with E-state index in [1.54, 1.807) is 18.3 Å². The van der Waals surface area contributed by atoms with Crippen molar-refractivity contribution in [3.05, 3.63) is 23.9 Å². The summed E-state index contributed by atoms with van der Waals surface area (Å²) in [4.78, 5) is 25.9. The number of rotatable bonds is 4. The second kappa shape index (κ2) is 6.70. The van der Waals surface area contributed by atoms with Crippen LogP contribution in [0.15, 0.2) is 18.3 Å². The summed E-state index contributed by atoms with van der Waals surface area (Å²) in [6.07, 6.45) is 1.57. The maximum Gasteiger partial charge on any atom is 0.321 e. The van der Waals surface area contributed by atoms with Gasteiger partial charge in [0, 0.05) is 18.8 Å². The van der Waals surface area contributed by atoms with Gasteiger partial charge >= 0.3 is 6.03 Å². The van der Waals surface area contributed by atoms with Crippen LogP contribution in [0.5, 0.6) is 5.88 Å². The Kier molecular flexibility index (Phi) is 5.22. The second-order valence-corrected chi connectivity index (χ2v) is 3.34. The Balaban J connectivity index is 2.44. The standard InChI is InChI=1S/C10H12ClN3O3/c1-17-9-4-7(2-3-12-9)6-13-10(16)14-8(15)5-11/h2-4H,5-6H2,1H3,(H2,13,14,15,16). The van der Waals surface area contributed by atoms with Crippen LogP contribution in [0, 0.1) is 0 Å². The largest absolute Gasteiger partial charge is 0.481 e. The number of alkyl halides is 1. The smallest absolute Gasteiger partial charge is 0.321 e. The first-order valence-corrected chi connectivity index (χ1v) is 5.31. The Labute approximate surface area is 103 Å². The molecule has 2 N–H and O–H groups in total. The molecule has 0 unspecified atom stereocenters. The highest BCUT2D eigenvalue weighted by atomic mass is 35.5. The van der Waals surface area contributed by atoms with E-state index in [0.717, 1.165) is 5.56 Å². The van der Waals surface area contributed by atoms with E-state index in [1.165, 1.54) is 7.11 Å². The molecule has 0 saturated carbocycles. The maximum absolute atomic E-state index is 11.2. The molecule has 0 atom stereocenters. The zero-order chi connectivity index (χ0) is 12.7. The van der Waals surface area contributed by atoms with Crippen molar-refractivity contribution in [2.45, 2.75) is 6.54 Å². The second-order valence-electron chi connectivity index (χ2n) is 3.07. The number of ether oxygens (including phenoxy) is 1. The molecule has 1 aromatic rings. The van der Waals surface area contributed by atoms with Crippen molar-refractivity contribution in [2.24, 2.45) is 0 Å². The third kappa shape index (κ3) is 4.69. The fourth-order valence-corrected chi connectivity index (χ4v) is 1.13. The molecule has 0 saturated heterocycles. The van der Waals surface area contributed by atoms with E-state index < -0.39 is 11.9 Å². The van der Waals surface area contributed by atoms with Gasteiger partial charge in [0.05, 0.1) is 7.11 Å². The number of carbonyl (C=O) groups excluding carboxylic acids is 2. The number of urea groups is 1. The molecule has 0 radical (unpaired) electrons. The molecule has 0 aliphatic heterocycles. The topological polar surface area (TPSA) is 80.3 Å². The van der Waals surface area contributed by atoms with Crippen molar-refractivity contribution in [3.8, 4) is 5.88 Å². The number of carbonyl (C=O) groups is 2. The molecule has 92 valence electrons. The van der Waals surface area contributed by atoms with Crippen molar-refractivity contribution in [1.82, 2.24) is 15.6 Å². The first-order valence-electron chi connectivity index (χ1n) is 4.78. The number of methoxy groups -OCH3 is 1. The van der Waals surface area contributed by atoms with E-state index >= 15 is 0 Å². The van der Waals surface area contributed by atoms with Crippen LogP contribution >= 0.6 is 11.6 Å². The molecule has 1 aromatic heterocycles. The average Bonchev–Trinajstić information content (AvgIpc) is 2.36. The van der Waals surface area contributed by atoms with E-state index in [1.807, 2.05) is 0 Å². The van der Waals surface area contributed by atoms with Gasteiger partial charge in [0.25, 0.3) is 0 Å². The third-order valence-electron chi connectivity index (χ3n) is 1.84. The van der Waals surface area contributed by atoms with E-state index in [9.17, 15) is 9.59 Å². The number of halogens is 1. The summed E-state index contributed by atoms with van der Waals surface area (Å²) in [5.74, 6) is -0.339. The molecule has 0 aliphatic carbocycles. The lowest BCUT2D eigenvalue weighted by Crippen LogP contribution is -2.39. The molecule has 0 fully saturated rings. The van der Waals surface area contributed by atoms with Gasteiger partial charge in [0.2, 0.25) is 11.8 Å². The van der Waals surface area contributed by atoms with Gasteiger partial charge in [0.1, 0.15) is 5.88 Å².